The Labute approximate surface area is 108 Å². The van der Waals surface area contributed by atoms with Crippen molar-refractivity contribution in [3.63, 3.8) is 0 Å². The minimum atomic E-state index is -4.39. The van der Waals surface area contributed by atoms with E-state index in [1.807, 2.05) is 19.2 Å². The second-order valence-corrected chi connectivity index (χ2v) is 4.19. The number of likely N-dealkylation sites (N-methyl/N-ethyl adjacent to an activating group) is 1. The molecule has 0 bridgehead atoms. The van der Waals surface area contributed by atoms with Crippen LogP contribution >= 0.6 is 0 Å². The number of rotatable bonds is 4. The largest absolute Gasteiger partial charge is 0.432 e. The van der Waals surface area contributed by atoms with Gasteiger partial charge < -0.3 is 10.3 Å². The van der Waals surface area contributed by atoms with Gasteiger partial charge in [0.1, 0.15) is 11.5 Å². The average molecular weight is 269 g/mol. The number of nitrogens with one attached hydrogen (secondary N) is 2. The van der Waals surface area contributed by atoms with Crippen molar-refractivity contribution in [1.82, 2.24) is 15.3 Å². The number of aromatic nitrogens is 2. The molecule has 2 aromatic rings. The predicted molar refractivity (Wildman–Crippen MR) is 66.7 cm³/mol. The summed E-state index contributed by atoms with van der Waals surface area (Å²) < 4.78 is 37.3. The van der Waals surface area contributed by atoms with Crippen molar-refractivity contribution in [3.05, 3.63) is 41.7 Å². The Morgan fingerprint density at radius 1 is 1.21 bits per heavy atom. The molecular formula is C13H14F3N3. The predicted octanol–water partition coefficient (Wildman–Crippen LogP) is 2.86. The Hall–Kier alpha value is -1.82. The second kappa shape index (κ2) is 5.44. The standard InChI is InChI=1S/C13H14F3N3/c1-17-7-6-9-2-4-10(5-3-9)12-18-8-11(19-12)13(14,15)16/h2-5,8,17H,6-7H2,1H3,(H,18,19). The van der Waals surface area contributed by atoms with Crippen LogP contribution in [0.15, 0.2) is 30.5 Å². The van der Waals surface area contributed by atoms with E-state index in [1.165, 1.54) is 0 Å². The molecule has 6 heteroatoms. The van der Waals surface area contributed by atoms with Crippen LogP contribution in [-0.2, 0) is 12.6 Å². The van der Waals surface area contributed by atoms with Crippen molar-refractivity contribution in [2.45, 2.75) is 12.6 Å². The molecule has 0 aliphatic carbocycles. The third-order valence-electron chi connectivity index (χ3n) is 2.77. The molecule has 0 fully saturated rings. The van der Waals surface area contributed by atoms with Gasteiger partial charge in [0, 0.05) is 5.56 Å². The van der Waals surface area contributed by atoms with E-state index in [9.17, 15) is 13.2 Å². The van der Waals surface area contributed by atoms with Gasteiger partial charge in [-0.3, -0.25) is 0 Å². The van der Waals surface area contributed by atoms with Crippen LogP contribution in [0.5, 0.6) is 0 Å². The van der Waals surface area contributed by atoms with Crippen molar-refractivity contribution in [3.8, 4) is 11.4 Å². The smallest absolute Gasteiger partial charge is 0.334 e. The normalized spacial score (nSPS) is 11.8. The number of benzene rings is 1. The van der Waals surface area contributed by atoms with E-state index in [0.717, 1.165) is 24.7 Å². The van der Waals surface area contributed by atoms with Crippen LogP contribution in [0, 0.1) is 0 Å². The summed E-state index contributed by atoms with van der Waals surface area (Å²) in [5.74, 6) is 0.229. The molecule has 3 nitrogen and oxygen atoms in total. The Morgan fingerprint density at radius 2 is 1.89 bits per heavy atom. The first kappa shape index (κ1) is 13.6. The second-order valence-electron chi connectivity index (χ2n) is 4.19. The molecule has 0 radical (unpaired) electrons. The van der Waals surface area contributed by atoms with Crippen molar-refractivity contribution in [2.24, 2.45) is 0 Å². The number of hydrogen-bond donors (Lipinski definition) is 2. The lowest BCUT2D eigenvalue weighted by molar-refractivity contribution is -0.140. The third kappa shape index (κ3) is 3.35. The molecule has 19 heavy (non-hydrogen) atoms. The van der Waals surface area contributed by atoms with Gasteiger partial charge in [-0.1, -0.05) is 24.3 Å². The van der Waals surface area contributed by atoms with Crippen LogP contribution in [0.4, 0.5) is 13.2 Å². The number of imidazole rings is 1. The highest BCUT2D eigenvalue weighted by atomic mass is 19.4. The van der Waals surface area contributed by atoms with E-state index in [-0.39, 0.29) is 5.82 Å². The Kier molecular flexibility index (Phi) is 3.90. The van der Waals surface area contributed by atoms with Crippen LogP contribution in [0.25, 0.3) is 11.4 Å². The van der Waals surface area contributed by atoms with Crippen molar-refractivity contribution in [2.75, 3.05) is 13.6 Å². The van der Waals surface area contributed by atoms with Gasteiger partial charge in [-0.25, -0.2) is 4.98 Å². The topological polar surface area (TPSA) is 40.7 Å². The summed E-state index contributed by atoms with van der Waals surface area (Å²) in [7, 11) is 1.87. The number of H-pyrrole nitrogens is 1. The number of aromatic amines is 1. The molecule has 0 aliphatic rings. The molecule has 0 atom stereocenters. The maximum Gasteiger partial charge on any atom is 0.432 e. The minimum Gasteiger partial charge on any atom is -0.334 e. The monoisotopic (exact) mass is 269 g/mol. The van der Waals surface area contributed by atoms with Gasteiger partial charge in [-0.2, -0.15) is 13.2 Å². The van der Waals surface area contributed by atoms with Gasteiger partial charge in [0.15, 0.2) is 0 Å². The van der Waals surface area contributed by atoms with E-state index in [1.54, 1.807) is 12.1 Å². The lowest BCUT2D eigenvalue weighted by atomic mass is 10.1. The van der Waals surface area contributed by atoms with Crippen LogP contribution in [0.1, 0.15) is 11.3 Å². The van der Waals surface area contributed by atoms with E-state index >= 15 is 0 Å². The summed E-state index contributed by atoms with van der Waals surface area (Å²) in [6.07, 6.45) is -2.70. The fraction of sp³-hybridized carbons (Fsp3) is 0.308. The van der Waals surface area contributed by atoms with E-state index < -0.39 is 11.9 Å². The molecular weight excluding hydrogens is 255 g/mol. The molecule has 0 aliphatic heterocycles. The molecule has 0 saturated heterocycles. The lowest BCUT2D eigenvalue weighted by Gasteiger charge is -2.03. The van der Waals surface area contributed by atoms with E-state index in [4.69, 9.17) is 0 Å². The van der Waals surface area contributed by atoms with Crippen LogP contribution in [0.3, 0.4) is 0 Å². The summed E-state index contributed by atoms with van der Waals surface area (Å²) in [5.41, 5.74) is 0.936. The first-order valence-corrected chi connectivity index (χ1v) is 5.87. The molecule has 1 aromatic carbocycles. The molecule has 1 heterocycles. The summed E-state index contributed by atoms with van der Waals surface area (Å²) in [5, 5.41) is 3.04. The summed E-state index contributed by atoms with van der Waals surface area (Å²) in [6.45, 7) is 0.859. The van der Waals surface area contributed by atoms with E-state index in [2.05, 4.69) is 15.3 Å². The summed E-state index contributed by atoms with van der Waals surface area (Å²) in [4.78, 5) is 6.04. The van der Waals surface area contributed by atoms with Crippen LogP contribution in [0.2, 0.25) is 0 Å². The van der Waals surface area contributed by atoms with Gasteiger partial charge in [0.2, 0.25) is 0 Å². The highest BCUT2D eigenvalue weighted by molar-refractivity contribution is 5.55. The Bertz CT molecular complexity index is 529. The van der Waals surface area contributed by atoms with E-state index in [0.29, 0.717) is 5.56 Å². The highest BCUT2D eigenvalue weighted by Gasteiger charge is 2.33. The lowest BCUT2D eigenvalue weighted by Crippen LogP contribution is -2.10. The molecule has 0 unspecified atom stereocenters. The number of nitrogens with zero attached hydrogens (tertiary/aromatic N) is 1. The molecule has 1 aromatic heterocycles. The first-order chi connectivity index (χ1) is 9.00. The fourth-order valence-electron chi connectivity index (χ4n) is 1.71. The van der Waals surface area contributed by atoms with Gasteiger partial charge >= 0.3 is 6.18 Å². The van der Waals surface area contributed by atoms with Crippen molar-refractivity contribution >= 4 is 0 Å². The molecule has 2 N–H and O–H groups in total. The molecule has 102 valence electrons. The third-order valence-corrected chi connectivity index (χ3v) is 2.77. The zero-order valence-corrected chi connectivity index (χ0v) is 10.4. The summed E-state index contributed by atoms with van der Waals surface area (Å²) >= 11 is 0. The van der Waals surface area contributed by atoms with Crippen LogP contribution < -0.4 is 5.32 Å². The summed E-state index contributed by atoms with van der Waals surface area (Å²) in [6, 6.07) is 7.32. The zero-order valence-electron chi connectivity index (χ0n) is 10.4. The average Bonchev–Trinajstić information content (AvgIpc) is 2.86. The van der Waals surface area contributed by atoms with Crippen molar-refractivity contribution in [1.29, 1.82) is 0 Å². The highest BCUT2D eigenvalue weighted by Crippen LogP contribution is 2.29. The maximum atomic E-state index is 12.4. The molecule has 0 saturated carbocycles. The number of alkyl halides is 3. The van der Waals surface area contributed by atoms with Crippen molar-refractivity contribution < 1.29 is 13.2 Å². The minimum absolute atomic E-state index is 0.229. The fourth-order valence-corrected chi connectivity index (χ4v) is 1.71. The van der Waals surface area contributed by atoms with Gasteiger partial charge in [-0.05, 0) is 25.6 Å². The first-order valence-electron chi connectivity index (χ1n) is 5.87. The zero-order chi connectivity index (χ0) is 13.9. The molecule has 2 rings (SSSR count). The Morgan fingerprint density at radius 3 is 2.42 bits per heavy atom. The maximum absolute atomic E-state index is 12.4. The SMILES string of the molecule is CNCCc1ccc(-c2ncc(C(F)(F)F)[nH]2)cc1. The van der Waals surface area contributed by atoms with Gasteiger partial charge in [-0.15, -0.1) is 0 Å². The Balaban J connectivity index is 2.16. The van der Waals surface area contributed by atoms with Crippen LogP contribution in [-0.4, -0.2) is 23.6 Å². The van der Waals surface area contributed by atoms with Gasteiger partial charge in [0.05, 0.1) is 6.20 Å². The quantitative estimate of drug-likeness (QED) is 0.896. The number of hydrogen-bond acceptors (Lipinski definition) is 2. The van der Waals surface area contributed by atoms with Gasteiger partial charge in [0.25, 0.3) is 0 Å². The number of halogens is 3. The molecule has 0 spiro atoms. The molecule has 0 amide bonds.